The molecule has 214 valence electrons. The zero-order valence-electron chi connectivity index (χ0n) is 22.3. The highest BCUT2D eigenvalue weighted by atomic mass is 32.2. The van der Waals surface area contributed by atoms with E-state index in [-0.39, 0.29) is 16.7 Å². The molecule has 5 rings (SSSR count). The molecule has 1 unspecified atom stereocenters. The summed E-state index contributed by atoms with van der Waals surface area (Å²) in [5.74, 6) is -1.17. The number of rotatable bonds is 10. The molecule has 1 aromatic carbocycles. The Kier molecular flexibility index (Phi) is 8.64. The fourth-order valence-electron chi connectivity index (χ4n) is 5.29. The Morgan fingerprint density at radius 2 is 1.77 bits per heavy atom. The maximum Gasteiger partial charge on any atom is 0.341 e. The number of pyridine rings is 1. The molecule has 11 nitrogen and oxygen atoms in total. The van der Waals surface area contributed by atoms with Crippen molar-refractivity contribution >= 4 is 48.7 Å². The number of sulfonamides is 1. The first-order valence-electron chi connectivity index (χ1n) is 13.4. The SMILES string of the molecule is CN1CCN(S(=O)(=O)c2ccc(C(CC3CCCC3)C(=O)Nc3nc4ccc(OCC(=O)O)nc4s3)cc2)CC1. The number of aromatic nitrogens is 2. The summed E-state index contributed by atoms with van der Waals surface area (Å²) in [5, 5.41) is 12.1. The smallest absolute Gasteiger partial charge is 0.341 e. The molecule has 1 saturated carbocycles. The second-order valence-electron chi connectivity index (χ2n) is 10.4. The van der Waals surface area contributed by atoms with Gasteiger partial charge in [-0.25, -0.2) is 23.2 Å². The maximum absolute atomic E-state index is 13.6. The number of carboxylic acids is 1. The van der Waals surface area contributed by atoms with Gasteiger partial charge in [0.2, 0.25) is 21.8 Å². The van der Waals surface area contributed by atoms with Crippen LogP contribution in [-0.2, 0) is 19.6 Å². The van der Waals surface area contributed by atoms with Gasteiger partial charge in [-0.2, -0.15) is 4.31 Å². The number of carboxylic acid groups (broad SMARTS) is 1. The minimum atomic E-state index is -3.60. The lowest BCUT2D eigenvalue weighted by Gasteiger charge is -2.31. The van der Waals surface area contributed by atoms with E-state index < -0.39 is 28.5 Å². The first-order chi connectivity index (χ1) is 19.2. The number of amides is 1. The van der Waals surface area contributed by atoms with Gasteiger partial charge in [-0.1, -0.05) is 49.2 Å². The number of carbonyl (C=O) groups is 2. The summed E-state index contributed by atoms with van der Waals surface area (Å²) in [5.41, 5.74) is 1.33. The monoisotopic (exact) mass is 587 g/mol. The first-order valence-corrected chi connectivity index (χ1v) is 15.7. The van der Waals surface area contributed by atoms with Crippen molar-refractivity contribution < 1.29 is 27.9 Å². The molecule has 3 heterocycles. The molecule has 40 heavy (non-hydrogen) atoms. The molecule has 3 aromatic rings. The van der Waals surface area contributed by atoms with E-state index in [4.69, 9.17) is 9.84 Å². The Hall–Kier alpha value is -3.13. The molecule has 1 amide bonds. The lowest BCUT2D eigenvalue weighted by atomic mass is 9.87. The van der Waals surface area contributed by atoms with Crippen molar-refractivity contribution in [2.24, 2.45) is 5.92 Å². The number of aliphatic carboxylic acids is 1. The van der Waals surface area contributed by atoms with Crippen LogP contribution in [-0.4, -0.2) is 84.4 Å². The number of nitrogens with zero attached hydrogens (tertiary/aromatic N) is 4. The van der Waals surface area contributed by atoms with Gasteiger partial charge in [0, 0.05) is 32.2 Å². The Morgan fingerprint density at radius 3 is 2.45 bits per heavy atom. The molecule has 0 radical (unpaired) electrons. The van der Waals surface area contributed by atoms with Gasteiger partial charge >= 0.3 is 5.97 Å². The van der Waals surface area contributed by atoms with E-state index in [1.165, 1.54) is 21.7 Å². The van der Waals surface area contributed by atoms with E-state index in [1.54, 1.807) is 30.3 Å². The second kappa shape index (κ2) is 12.2. The number of benzene rings is 1. The topological polar surface area (TPSA) is 142 Å². The molecule has 1 saturated heterocycles. The average Bonchev–Trinajstić information content (AvgIpc) is 3.60. The fraction of sp³-hybridized carbons (Fsp3) is 0.481. The van der Waals surface area contributed by atoms with Crippen LogP contribution in [0.1, 0.15) is 43.6 Å². The lowest BCUT2D eigenvalue weighted by Crippen LogP contribution is -2.47. The van der Waals surface area contributed by atoms with Gasteiger partial charge in [-0.05, 0) is 43.1 Å². The third-order valence-electron chi connectivity index (χ3n) is 7.55. The summed E-state index contributed by atoms with van der Waals surface area (Å²) in [6, 6.07) is 9.94. The molecule has 2 aliphatic rings. The zero-order valence-corrected chi connectivity index (χ0v) is 23.9. The molecule has 2 N–H and O–H groups in total. The van der Waals surface area contributed by atoms with Crippen LogP contribution in [0.4, 0.5) is 5.13 Å². The largest absolute Gasteiger partial charge is 0.479 e. The summed E-state index contributed by atoms with van der Waals surface area (Å²) < 4.78 is 33.0. The van der Waals surface area contributed by atoms with Crippen LogP contribution in [0.2, 0.25) is 0 Å². The van der Waals surface area contributed by atoms with Crippen LogP contribution in [0.25, 0.3) is 10.3 Å². The lowest BCUT2D eigenvalue weighted by molar-refractivity contribution is -0.139. The highest BCUT2D eigenvalue weighted by Gasteiger charge is 2.30. The number of piperazine rings is 1. The quantitative estimate of drug-likeness (QED) is 0.365. The molecule has 1 aliphatic heterocycles. The first kappa shape index (κ1) is 28.4. The number of hydrogen-bond donors (Lipinski definition) is 2. The summed E-state index contributed by atoms with van der Waals surface area (Å²) >= 11 is 1.18. The van der Waals surface area contributed by atoms with E-state index in [1.807, 2.05) is 7.05 Å². The number of likely N-dealkylation sites (N-methyl/N-ethyl adjacent to an activating group) is 1. The van der Waals surface area contributed by atoms with Crippen molar-refractivity contribution in [3.05, 3.63) is 42.0 Å². The molecule has 13 heteroatoms. The van der Waals surface area contributed by atoms with Gasteiger partial charge in [-0.15, -0.1) is 0 Å². The standard InChI is InChI=1S/C27H33N5O6S2/c1-31-12-14-32(15-13-31)40(36,37)20-8-6-19(7-9-20)21(16-18-4-2-3-5-18)25(35)30-27-28-22-10-11-23(29-26(22)39-27)38-17-24(33)34/h6-11,18,21H,2-5,12-17H2,1H3,(H,33,34)(H,28,30,35). The van der Waals surface area contributed by atoms with Gasteiger partial charge in [0.15, 0.2) is 11.7 Å². The van der Waals surface area contributed by atoms with Gasteiger partial charge in [0.05, 0.1) is 10.8 Å². The van der Waals surface area contributed by atoms with Crippen molar-refractivity contribution in [3.8, 4) is 5.88 Å². The molecular weight excluding hydrogens is 554 g/mol. The Bertz CT molecular complexity index is 1460. The summed E-state index contributed by atoms with van der Waals surface area (Å²) in [7, 11) is -1.62. The van der Waals surface area contributed by atoms with Crippen LogP contribution < -0.4 is 10.1 Å². The molecule has 0 bridgehead atoms. The van der Waals surface area contributed by atoms with Crippen LogP contribution in [0.5, 0.6) is 5.88 Å². The number of fused-ring (bicyclic) bond motifs is 1. The third-order valence-corrected chi connectivity index (χ3v) is 10.3. The molecule has 1 aliphatic carbocycles. The van der Waals surface area contributed by atoms with E-state index >= 15 is 0 Å². The van der Waals surface area contributed by atoms with Crippen LogP contribution in [0, 0.1) is 5.92 Å². The minimum absolute atomic E-state index is 0.169. The summed E-state index contributed by atoms with van der Waals surface area (Å²) in [6.45, 7) is 1.80. The fourth-order valence-corrected chi connectivity index (χ4v) is 7.54. The number of ether oxygens (including phenoxy) is 1. The predicted octanol–water partition coefficient (Wildman–Crippen LogP) is 3.39. The Labute approximate surface area is 237 Å². The van der Waals surface area contributed by atoms with Crippen molar-refractivity contribution in [2.45, 2.75) is 42.9 Å². The molecule has 2 fully saturated rings. The van der Waals surface area contributed by atoms with E-state index in [2.05, 4.69) is 20.2 Å². The normalized spacial score (nSPS) is 18.1. The van der Waals surface area contributed by atoms with Crippen molar-refractivity contribution in [1.82, 2.24) is 19.2 Å². The summed E-state index contributed by atoms with van der Waals surface area (Å²) in [4.78, 5) is 36.0. The summed E-state index contributed by atoms with van der Waals surface area (Å²) in [6.07, 6.45) is 5.12. The second-order valence-corrected chi connectivity index (χ2v) is 13.3. The van der Waals surface area contributed by atoms with Crippen molar-refractivity contribution in [1.29, 1.82) is 0 Å². The van der Waals surface area contributed by atoms with E-state index in [0.29, 0.717) is 54.0 Å². The molecule has 1 atom stereocenters. The van der Waals surface area contributed by atoms with E-state index in [9.17, 15) is 18.0 Å². The maximum atomic E-state index is 13.6. The van der Waals surface area contributed by atoms with Crippen LogP contribution in [0.15, 0.2) is 41.3 Å². The predicted molar refractivity (Wildman–Crippen MR) is 151 cm³/mol. The molecular formula is C27H33N5O6S2. The van der Waals surface area contributed by atoms with E-state index in [0.717, 1.165) is 31.2 Å². The van der Waals surface area contributed by atoms with Crippen molar-refractivity contribution in [2.75, 3.05) is 45.2 Å². The van der Waals surface area contributed by atoms with Gasteiger partial charge in [0.1, 0.15) is 10.3 Å². The zero-order chi connectivity index (χ0) is 28.3. The average molecular weight is 588 g/mol. The highest BCUT2D eigenvalue weighted by Crippen LogP contribution is 2.36. The number of hydrogen-bond acceptors (Lipinski definition) is 9. The molecule has 2 aromatic heterocycles. The third kappa shape index (κ3) is 6.60. The van der Waals surface area contributed by atoms with Gasteiger partial charge in [-0.3, -0.25) is 4.79 Å². The number of anilines is 1. The van der Waals surface area contributed by atoms with Crippen molar-refractivity contribution in [3.63, 3.8) is 0 Å². The Morgan fingerprint density at radius 1 is 1.07 bits per heavy atom. The molecule has 0 spiro atoms. The minimum Gasteiger partial charge on any atom is -0.479 e. The van der Waals surface area contributed by atoms with Crippen LogP contribution in [0.3, 0.4) is 0 Å². The highest BCUT2D eigenvalue weighted by molar-refractivity contribution is 7.89. The number of carbonyl (C=O) groups excluding carboxylic acids is 1. The van der Waals surface area contributed by atoms with Gasteiger partial charge in [0.25, 0.3) is 0 Å². The number of thiazole rings is 1. The number of nitrogens with one attached hydrogen (secondary N) is 1. The van der Waals surface area contributed by atoms with Gasteiger partial charge < -0.3 is 20.1 Å². The van der Waals surface area contributed by atoms with Crippen LogP contribution >= 0.6 is 11.3 Å². The Balaban J connectivity index is 1.34.